The van der Waals surface area contributed by atoms with Crippen LogP contribution in [0.15, 0.2) is 11.3 Å². The molecular formula is C17H21NO5. The van der Waals surface area contributed by atoms with Crippen LogP contribution < -0.4 is 0 Å². The zero-order valence-electron chi connectivity index (χ0n) is 13.5. The van der Waals surface area contributed by atoms with Crippen molar-refractivity contribution in [2.75, 3.05) is 13.7 Å². The first-order chi connectivity index (χ1) is 11.0. The second-order valence-corrected chi connectivity index (χ2v) is 7.02. The summed E-state index contributed by atoms with van der Waals surface area (Å²) >= 11 is 0. The number of amides is 1. The number of rotatable bonds is 1. The molecule has 6 heteroatoms. The number of hydrogen-bond donors (Lipinski definition) is 0. The van der Waals surface area contributed by atoms with Crippen LogP contribution in [0.5, 0.6) is 0 Å². The van der Waals surface area contributed by atoms with Gasteiger partial charge in [0.05, 0.1) is 12.7 Å². The summed E-state index contributed by atoms with van der Waals surface area (Å²) in [6.07, 6.45) is 4.09. The molecule has 1 aliphatic carbocycles. The Morgan fingerprint density at radius 2 is 2.04 bits per heavy atom. The Morgan fingerprint density at radius 1 is 1.26 bits per heavy atom. The highest BCUT2D eigenvalue weighted by Gasteiger charge is 2.77. The average Bonchev–Trinajstić information content (AvgIpc) is 3.00. The van der Waals surface area contributed by atoms with Gasteiger partial charge in [0.1, 0.15) is 5.54 Å². The number of carbonyl (C=O) groups excluding carboxylic acids is 3. The van der Waals surface area contributed by atoms with E-state index in [4.69, 9.17) is 9.47 Å². The van der Waals surface area contributed by atoms with Crippen LogP contribution in [0, 0.1) is 5.92 Å². The smallest absolute Gasteiger partial charge is 0.338 e. The van der Waals surface area contributed by atoms with E-state index >= 15 is 0 Å². The van der Waals surface area contributed by atoms with Crippen molar-refractivity contribution in [3.63, 3.8) is 0 Å². The van der Waals surface area contributed by atoms with Crippen molar-refractivity contribution in [1.29, 1.82) is 0 Å². The van der Waals surface area contributed by atoms with Crippen molar-refractivity contribution in [2.24, 2.45) is 5.92 Å². The van der Waals surface area contributed by atoms with E-state index < -0.39 is 17.1 Å². The first kappa shape index (κ1) is 14.7. The van der Waals surface area contributed by atoms with E-state index in [0.29, 0.717) is 37.1 Å². The first-order valence-electron chi connectivity index (χ1n) is 8.31. The van der Waals surface area contributed by atoms with Gasteiger partial charge in [0.2, 0.25) is 11.5 Å². The molecule has 3 fully saturated rings. The number of ketones is 1. The zero-order valence-corrected chi connectivity index (χ0v) is 13.5. The minimum absolute atomic E-state index is 0.0350. The molecule has 0 radical (unpaired) electrons. The molecule has 1 amide bonds. The molecule has 0 aromatic heterocycles. The van der Waals surface area contributed by atoms with Gasteiger partial charge in [0, 0.05) is 19.4 Å². The molecule has 0 bridgehead atoms. The van der Waals surface area contributed by atoms with E-state index in [2.05, 4.69) is 0 Å². The molecule has 4 rings (SSSR count). The molecule has 3 unspecified atom stereocenters. The van der Waals surface area contributed by atoms with E-state index in [1.165, 1.54) is 7.11 Å². The monoisotopic (exact) mass is 319 g/mol. The lowest BCUT2D eigenvalue weighted by molar-refractivity contribution is -0.171. The largest absolute Gasteiger partial charge is 0.496 e. The average molecular weight is 319 g/mol. The number of nitrogens with zero attached hydrogens (tertiary/aromatic N) is 1. The molecule has 0 aromatic carbocycles. The van der Waals surface area contributed by atoms with Gasteiger partial charge in [-0.25, -0.2) is 4.79 Å². The van der Waals surface area contributed by atoms with Crippen molar-refractivity contribution in [3.05, 3.63) is 11.3 Å². The number of methoxy groups -OCH3 is 1. The summed E-state index contributed by atoms with van der Waals surface area (Å²) in [6, 6.07) is 0. The summed E-state index contributed by atoms with van der Waals surface area (Å²) < 4.78 is 11.2. The lowest BCUT2D eigenvalue weighted by Gasteiger charge is -2.46. The standard InChI is InChI=1S/C17H21NO5/c1-10-14(22-2)17(23-15(10)21)12(19)9-11-5-3-4-8-18-13(20)6-7-16(11,17)18/h11H,3-9H2,1-2H3. The molecule has 3 heterocycles. The lowest BCUT2D eigenvalue weighted by Crippen LogP contribution is -2.65. The molecule has 6 nitrogen and oxygen atoms in total. The quantitative estimate of drug-likeness (QED) is 0.682. The number of hydrogen-bond acceptors (Lipinski definition) is 5. The summed E-state index contributed by atoms with van der Waals surface area (Å²) in [4.78, 5) is 39.7. The van der Waals surface area contributed by atoms with Gasteiger partial charge in [-0.15, -0.1) is 0 Å². The Balaban J connectivity index is 1.98. The highest BCUT2D eigenvalue weighted by atomic mass is 16.6. The molecule has 23 heavy (non-hydrogen) atoms. The fourth-order valence-electron chi connectivity index (χ4n) is 5.36. The van der Waals surface area contributed by atoms with Crippen molar-refractivity contribution in [2.45, 2.75) is 56.6 Å². The summed E-state index contributed by atoms with van der Waals surface area (Å²) in [7, 11) is 1.47. The lowest BCUT2D eigenvalue weighted by atomic mass is 9.73. The zero-order chi connectivity index (χ0) is 16.4. The van der Waals surface area contributed by atoms with E-state index in [-0.39, 0.29) is 17.6 Å². The van der Waals surface area contributed by atoms with E-state index in [1.807, 2.05) is 4.90 Å². The van der Waals surface area contributed by atoms with Gasteiger partial charge in [0.25, 0.3) is 0 Å². The van der Waals surface area contributed by atoms with Gasteiger partial charge in [-0.1, -0.05) is 6.42 Å². The van der Waals surface area contributed by atoms with Gasteiger partial charge < -0.3 is 14.4 Å². The number of ether oxygens (including phenoxy) is 2. The van der Waals surface area contributed by atoms with Crippen molar-refractivity contribution in [3.8, 4) is 0 Å². The number of esters is 1. The third kappa shape index (κ3) is 1.47. The minimum atomic E-state index is -1.43. The van der Waals surface area contributed by atoms with Gasteiger partial charge in [-0.05, 0) is 32.1 Å². The molecule has 3 atom stereocenters. The fraction of sp³-hybridized carbons (Fsp3) is 0.706. The van der Waals surface area contributed by atoms with Crippen LogP contribution in [-0.4, -0.2) is 47.4 Å². The highest BCUT2D eigenvalue weighted by molar-refractivity contribution is 6.05. The minimum Gasteiger partial charge on any atom is -0.496 e. The van der Waals surface area contributed by atoms with Gasteiger partial charge in [-0.3, -0.25) is 9.59 Å². The molecule has 0 N–H and O–H groups in total. The highest BCUT2D eigenvalue weighted by Crippen LogP contribution is 2.60. The predicted octanol–water partition coefficient (Wildman–Crippen LogP) is 1.34. The third-order valence-electron chi connectivity index (χ3n) is 6.21. The molecule has 0 aromatic rings. The van der Waals surface area contributed by atoms with Gasteiger partial charge >= 0.3 is 5.97 Å². The normalized spacial score (nSPS) is 39.7. The predicted molar refractivity (Wildman–Crippen MR) is 79.2 cm³/mol. The molecule has 4 aliphatic rings. The summed E-state index contributed by atoms with van der Waals surface area (Å²) in [5.41, 5.74) is -1.83. The van der Waals surface area contributed by atoms with Crippen molar-refractivity contribution < 1.29 is 23.9 Å². The fourth-order valence-corrected chi connectivity index (χ4v) is 5.36. The molecule has 3 aliphatic heterocycles. The first-order valence-corrected chi connectivity index (χ1v) is 8.31. The SMILES string of the molecule is COC1=C(C)C(=O)OC12C(=O)CC1CCCCN3C(=O)CCC132. The van der Waals surface area contributed by atoms with Crippen LogP contribution in [0.2, 0.25) is 0 Å². The Kier molecular flexibility index (Phi) is 2.93. The maximum Gasteiger partial charge on any atom is 0.338 e. The molecule has 124 valence electrons. The second-order valence-electron chi connectivity index (χ2n) is 7.02. The van der Waals surface area contributed by atoms with E-state index in [9.17, 15) is 14.4 Å². The Morgan fingerprint density at radius 3 is 2.78 bits per heavy atom. The Labute approximate surface area is 134 Å². The number of carbonyl (C=O) groups is 3. The molecule has 1 saturated carbocycles. The van der Waals surface area contributed by atoms with Gasteiger partial charge in [-0.2, -0.15) is 0 Å². The Bertz CT molecular complexity index is 653. The van der Waals surface area contributed by atoms with Crippen LogP contribution in [0.1, 0.15) is 45.4 Å². The molecular weight excluding hydrogens is 298 g/mol. The summed E-state index contributed by atoms with van der Waals surface area (Å²) in [6.45, 7) is 2.25. The van der Waals surface area contributed by atoms with Crippen LogP contribution in [0.3, 0.4) is 0 Å². The topological polar surface area (TPSA) is 72.9 Å². The van der Waals surface area contributed by atoms with Crippen LogP contribution in [-0.2, 0) is 23.9 Å². The van der Waals surface area contributed by atoms with E-state index in [0.717, 1.165) is 19.3 Å². The van der Waals surface area contributed by atoms with Crippen LogP contribution in [0.4, 0.5) is 0 Å². The summed E-state index contributed by atoms with van der Waals surface area (Å²) in [5, 5.41) is 0. The summed E-state index contributed by atoms with van der Waals surface area (Å²) in [5.74, 6) is -0.216. The second kappa shape index (κ2) is 4.58. The molecule has 2 saturated heterocycles. The molecule has 2 spiro atoms. The maximum absolute atomic E-state index is 13.1. The van der Waals surface area contributed by atoms with E-state index in [1.54, 1.807) is 6.92 Å². The van der Waals surface area contributed by atoms with Crippen LogP contribution in [0.25, 0.3) is 0 Å². The van der Waals surface area contributed by atoms with Gasteiger partial charge in [0.15, 0.2) is 11.5 Å². The van der Waals surface area contributed by atoms with Crippen molar-refractivity contribution >= 4 is 17.7 Å². The third-order valence-corrected chi connectivity index (χ3v) is 6.21. The Hall–Kier alpha value is -1.85. The number of Topliss-reactive ketones (excluding diaryl/α,β-unsaturated/α-hetero) is 1. The maximum atomic E-state index is 13.1. The van der Waals surface area contributed by atoms with Crippen molar-refractivity contribution in [1.82, 2.24) is 4.90 Å². The van der Waals surface area contributed by atoms with Crippen LogP contribution >= 0.6 is 0 Å².